The molecule has 0 bridgehead atoms. The van der Waals surface area contributed by atoms with E-state index in [2.05, 4.69) is 4.98 Å². The first kappa shape index (κ1) is 8.70. The Morgan fingerprint density at radius 3 is 3.00 bits per heavy atom. The molecule has 0 amide bonds. The van der Waals surface area contributed by atoms with Gasteiger partial charge >= 0.3 is 0 Å². The second-order valence-electron chi connectivity index (χ2n) is 3.38. The molecule has 1 aliphatic carbocycles. The number of Topliss-reactive ketones (excluding diaryl/α,β-unsaturated/α-hetero) is 1. The monoisotopic (exact) mass is 195 g/mol. The maximum atomic E-state index is 11.1. The summed E-state index contributed by atoms with van der Waals surface area (Å²) in [4.78, 5) is 15.3. The first-order valence-corrected chi connectivity index (χ1v) is 4.76. The van der Waals surface area contributed by atoms with Gasteiger partial charge in [-0.05, 0) is 18.6 Å². The van der Waals surface area contributed by atoms with Crippen LogP contribution >= 0.6 is 11.6 Å². The third-order valence-electron chi connectivity index (χ3n) is 2.41. The van der Waals surface area contributed by atoms with Crippen LogP contribution in [0.4, 0.5) is 0 Å². The molecule has 1 aromatic heterocycles. The van der Waals surface area contributed by atoms with E-state index in [0.717, 1.165) is 12.1 Å². The average molecular weight is 196 g/mol. The molecule has 1 saturated carbocycles. The minimum atomic E-state index is 0.297. The van der Waals surface area contributed by atoms with Crippen molar-refractivity contribution in [2.45, 2.75) is 25.2 Å². The number of rotatable bonds is 1. The molecule has 1 unspecified atom stereocenters. The summed E-state index contributed by atoms with van der Waals surface area (Å²) < 4.78 is 0. The maximum absolute atomic E-state index is 11.1. The summed E-state index contributed by atoms with van der Waals surface area (Å²) in [6, 6.07) is 3.60. The van der Waals surface area contributed by atoms with Crippen molar-refractivity contribution in [3.05, 3.63) is 29.0 Å². The van der Waals surface area contributed by atoms with E-state index >= 15 is 0 Å². The second kappa shape index (κ2) is 3.46. The van der Waals surface area contributed by atoms with Gasteiger partial charge in [0.1, 0.15) is 5.78 Å². The van der Waals surface area contributed by atoms with Gasteiger partial charge in [0.05, 0.1) is 0 Å². The molecule has 3 heteroatoms. The smallest absolute Gasteiger partial charge is 0.133 e. The predicted octanol–water partition coefficient (Wildman–Crippen LogP) is 2.57. The summed E-state index contributed by atoms with van der Waals surface area (Å²) in [5.74, 6) is 0.637. The number of pyridine rings is 1. The summed E-state index contributed by atoms with van der Waals surface area (Å²) >= 11 is 5.83. The summed E-state index contributed by atoms with van der Waals surface area (Å²) in [6.07, 6.45) is 3.94. The van der Waals surface area contributed by atoms with Gasteiger partial charge in [-0.3, -0.25) is 9.78 Å². The Morgan fingerprint density at radius 2 is 2.38 bits per heavy atom. The summed E-state index contributed by atoms with van der Waals surface area (Å²) in [6.45, 7) is 0. The first-order chi connectivity index (χ1) is 6.25. The van der Waals surface area contributed by atoms with Crippen molar-refractivity contribution >= 4 is 17.4 Å². The van der Waals surface area contributed by atoms with Crippen LogP contribution in [-0.2, 0) is 4.79 Å². The van der Waals surface area contributed by atoms with Crippen LogP contribution in [-0.4, -0.2) is 10.8 Å². The molecular weight excluding hydrogens is 186 g/mol. The van der Waals surface area contributed by atoms with Crippen molar-refractivity contribution in [1.29, 1.82) is 0 Å². The van der Waals surface area contributed by atoms with Gasteiger partial charge in [0.2, 0.25) is 0 Å². The van der Waals surface area contributed by atoms with Crippen molar-refractivity contribution in [3.63, 3.8) is 0 Å². The van der Waals surface area contributed by atoms with Crippen LogP contribution in [0.25, 0.3) is 0 Å². The lowest BCUT2D eigenvalue weighted by Gasteiger charge is -2.06. The highest BCUT2D eigenvalue weighted by Crippen LogP contribution is 2.31. The van der Waals surface area contributed by atoms with Crippen molar-refractivity contribution in [1.82, 2.24) is 4.98 Å². The van der Waals surface area contributed by atoms with Crippen LogP contribution in [0, 0.1) is 0 Å². The van der Waals surface area contributed by atoms with Gasteiger partial charge in [-0.15, -0.1) is 0 Å². The van der Waals surface area contributed by atoms with Crippen molar-refractivity contribution in [2.24, 2.45) is 0 Å². The SMILES string of the molecule is O=C1CCC(c2cc(Cl)ccn2)C1. The third-order valence-corrected chi connectivity index (χ3v) is 2.64. The van der Waals surface area contributed by atoms with Gasteiger partial charge in [0.25, 0.3) is 0 Å². The zero-order valence-corrected chi connectivity index (χ0v) is 7.92. The molecule has 1 fully saturated rings. The van der Waals surface area contributed by atoms with E-state index in [4.69, 9.17) is 11.6 Å². The van der Waals surface area contributed by atoms with Gasteiger partial charge in [0, 0.05) is 35.7 Å². The zero-order valence-electron chi connectivity index (χ0n) is 7.16. The third kappa shape index (κ3) is 1.89. The Bertz CT molecular complexity index is 337. The summed E-state index contributed by atoms with van der Waals surface area (Å²) in [7, 11) is 0. The lowest BCUT2D eigenvalue weighted by molar-refractivity contribution is -0.117. The fourth-order valence-electron chi connectivity index (χ4n) is 1.71. The van der Waals surface area contributed by atoms with Gasteiger partial charge < -0.3 is 0 Å². The Labute approximate surface area is 81.9 Å². The van der Waals surface area contributed by atoms with E-state index in [1.54, 1.807) is 12.3 Å². The number of hydrogen-bond donors (Lipinski definition) is 0. The first-order valence-electron chi connectivity index (χ1n) is 4.39. The molecule has 1 atom stereocenters. The van der Waals surface area contributed by atoms with Crippen LogP contribution in [0.2, 0.25) is 5.02 Å². The van der Waals surface area contributed by atoms with Gasteiger partial charge in [-0.1, -0.05) is 11.6 Å². The fraction of sp³-hybridized carbons (Fsp3) is 0.400. The minimum absolute atomic E-state index is 0.297. The lowest BCUT2D eigenvalue weighted by atomic mass is 10.0. The van der Waals surface area contributed by atoms with E-state index < -0.39 is 0 Å². The summed E-state index contributed by atoms with van der Waals surface area (Å²) in [5, 5.41) is 0.698. The molecule has 0 N–H and O–H groups in total. The minimum Gasteiger partial charge on any atom is -0.300 e. The molecule has 1 heterocycles. The highest BCUT2D eigenvalue weighted by Gasteiger charge is 2.24. The number of nitrogens with zero attached hydrogens (tertiary/aromatic N) is 1. The summed E-state index contributed by atoms with van der Waals surface area (Å²) in [5.41, 5.74) is 0.957. The lowest BCUT2D eigenvalue weighted by Crippen LogP contribution is -1.96. The molecule has 0 saturated heterocycles. The number of carbonyl (C=O) groups is 1. The average Bonchev–Trinajstić information content (AvgIpc) is 2.52. The van der Waals surface area contributed by atoms with E-state index in [-0.39, 0.29) is 0 Å². The molecule has 0 radical (unpaired) electrons. The van der Waals surface area contributed by atoms with Crippen LogP contribution in [0.15, 0.2) is 18.3 Å². The molecule has 1 aromatic rings. The second-order valence-corrected chi connectivity index (χ2v) is 3.81. The Morgan fingerprint density at radius 1 is 1.54 bits per heavy atom. The Kier molecular flexibility index (Phi) is 2.32. The molecule has 2 nitrogen and oxygen atoms in total. The molecule has 0 aliphatic heterocycles. The molecule has 0 aromatic carbocycles. The Hall–Kier alpha value is -0.890. The number of hydrogen-bond acceptors (Lipinski definition) is 2. The number of carbonyl (C=O) groups excluding carboxylic acids is 1. The number of ketones is 1. The van der Waals surface area contributed by atoms with E-state index in [0.29, 0.717) is 29.6 Å². The van der Waals surface area contributed by atoms with Crippen molar-refractivity contribution in [2.75, 3.05) is 0 Å². The largest absolute Gasteiger partial charge is 0.300 e. The number of halogens is 1. The van der Waals surface area contributed by atoms with E-state index in [1.807, 2.05) is 6.07 Å². The van der Waals surface area contributed by atoms with Crippen molar-refractivity contribution < 1.29 is 4.79 Å². The number of aromatic nitrogens is 1. The molecule has 68 valence electrons. The van der Waals surface area contributed by atoms with Crippen LogP contribution in [0.1, 0.15) is 30.9 Å². The predicted molar refractivity (Wildman–Crippen MR) is 50.8 cm³/mol. The van der Waals surface area contributed by atoms with Gasteiger partial charge in [-0.2, -0.15) is 0 Å². The molecule has 0 spiro atoms. The molecule has 1 aliphatic rings. The standard InChI is InChI=1S/C10H10ClNO/c11-8-3-4-12-10(6-8)7-1-2-9(13)5-7/h3-4,6-7H,1-2,5H2. The normalized spacial score (nSPS) is 22.2. The Balaban J connectivity index is 2.21. The van der Waals surface area contributed by atoms with E-state index in [1.165, 1.54) is 0 Å². The van der Waals surface area contributed by atoms with Gasteiger partial charge in [-0.25, -0.2) is 0 Å². The topological polar surface area (TPSA) is 30.0 Å². The highest BCUT2D eigenvalue weighted by molar-refractivity contribution is 6.30. The van der Waals surface area contributed by atoms with Crippen LogP contribution in [0.5, 0.6) is 0 Å². The van der Waals surface area contributed by atoms with Crippen LogP contribution in [0.3, 0.4) is 0 Å². The van der Waals surface area contributed by atoms with Gasteiger partial charge in [0.15, 0.2) is 0 Å². The molecule has 2 rings (SSSR count). The van der Waals surface area contributed by atoms with Crippen molar-refractivity contribution in [3.8, 4) is 0 Å². The highest BCUT2D eigenvalue weighted by atomic mass is 35.5. The van der Waals surface area contributed by atoms with Crippen LogP contribution < -0.4 is 0 Å². The zero-order chi connectivity index (χ0) is 9.26. The molecule has 13 heavy (non-hydrogen) atoms. The maximum Gasteiger partial charge on any atom is 0.133 e. The molecular formula is C10H10ClNO. The van der Waals surface area contributed by atoms with E-state index in [9.17, 15) is 4.79 Å². The quantitative estimate of drug-likeness (QED) is 0.690. The fourth-order valence-corrected chi connectivity index (χ4v) is 1.88.